The first kappa shape index (κ1) is 25.0. The molecular formula is C18H29IN6O3S2. The molecule has 9 nitrogen and oxygen atoms in total. The van der Waals surface area contributed by atoms with E-state index in [1.165, 1.54) is 10.6 Å². The average Bonchev–Trinajstić information content (AvgIpc) is 3.34. The van der Waals surface area contributed by atoms with E-state index in [-0.39, 0.29) is 35.1 Å². The van der Waals surface area contributed by atoms with Gasteiger partial charge in [-0.05, 0) is 0 Å². The predicted octanol–water partition coefficient (Wildman–Crippen LogP) is 2.27. The Kier molecular flexibility index (Phi) is 8.65. The maximum atomic E-state index is 12.6. The van der Waals surface area contributed by atoms with Crippen molar-refractivity contribution in [2.24, 2.45) is 4.99 Å². The van der Waals surface area contributed by atoms with Crippen molar-refractivity contribution < 1.29 is 12.9 Å². The van der Waals surface area contributed by atoms with Crippen LogP contribution in [-0.4, -0.2) is 66.9 Å². The summed E-state index contributed by atoms with van der Waals surface area (Å²) in [6, 6.07) is 1.57. The van der Waals surface area contributed by atoms with E-state index in [4.69, 9.17) is 9.51 Å². The van der Waals surface area contributed by atoms with E-state index in [2.05, 4.69) is 46.5 Å². The fraction of sp³-hybridized carbons (Fsp3) is 0.611. The molecule has 1 saturated heterocycles. The summed E-state index contributed by atoms with van der Waals surface area (Å²) >= 11 is 1.67. The molecule has 168 valence electrons. The number of nitrogens with one attached hydrogen (secondary N) is 1. The van der Waals surface area contributed by atoms with Gasteiger partial charge in [0.2, 0.25) is 10.0 Å². The van der Waals surface area contributed by atoms with Crippen LogP contribution in [0.15, 0.2) is 27.2 Å². The van der Waals surface area contributed by atoms with Gasteiger partial charge >= 0.3 is 0 Å². The topological polar surface area (TPSA) is 104 Å². The molecule has 30 heavy (non-hydrogen) atoms. The Labute approximate surface area is 199 Å². The van der Waals surface area contributed by atoms with Gasteiger partial charge in [0.05, 0.1) is 22.9 Å². The Hall–Kier alpha value is -1.25. The van der Waals surface area contributed by atoms with Crippen molar-refractivity contribution in [3.05, 3.63) is 34.1 Å². The summed E-state index contributed by atoms with van der Waals surface area (Å²) in [5, 5.41) is 10.2. The van der Waals surface area contributed by atoms with E-state index in [0.717, 1.165) is 16.7 Å². The molecule has 1 aliphatic rings. The lowest BCUT2D eigenvalue weighted by atomic mass is 9.98. The summed E-state index contributed by atoms with van der Waals surface area (Å²) in [4.78, 5) is 11.1. The van der Waals surface area contributed by atoms with Crippen LogP contribution in [0.3, 0.4) is 0 Å². The Morgan fingerprint density at radius 1 is 1.27 bits per heavy atom. The average molecular weight is 569 g/mol. The number of piperazine rings is 1. The molecule has 3 heterocycles. The summed E-state index contributed by atoms with van der Waals surface area (Å²) in [5.74, 6) is 0.611. The van der Waals surface area contributed by atoms with Crippen LogP contribution in [0.4, 0.5) is 0 Å². The number of hydrogen-bond acceptors (Lipinski definition) is 7. The van der Waals surface area contributed by atoms with Crippen LogP contribution < -0.4 is 5.32 Å². The van der Waals surface area contributed by atoms with Gasteiger partial charge in [0.25, 0.3) is 0 Å². The van der Waals surface area contributed by atoms with Gasteiger partial charge in [0.15, 0.2) is 5.96 Å². The van der Waals surface area contributed by atoms with Gasteiger partial charge in [-0.25, -0.2) is 13.4 Å². The number of hydrogen-bond donors (Lipinski definition) is 1. The fourth-order valence-electron chi connectivity index (χ4n) is 3.00. The van der Waals surface area contributed by atoms with Gasteiger partial charge in [0.1, 0.15) is 12.0 Å². The summed E-state index contributed by atoms with van der Waals surface area (Å²) in [5.41, 5.74) is 1.44. The van der Waals surface area contributed by atoms with Crippen molar-refractivity contribution in [2.45, 2.75) is 38.5 Å². The van der Waals surface area contributed by atoms with Crippen molar-refractivity contribution in [3.8, 4) is 0 Å². The largest absolute Gasteiger partial charge is 0.364 e. The second-order valence-electron chi connectivity index (χ2n) is 7.93. The molecule has 0 aromatic carbocycles. The number of guanidine groups is 1. The first-order chi connectivity index (χ1) is 13.7. The van der Waals surface area contributed by atoms with Crippen LogP contribution in [-0.2, 0) is 27.7 Å². The monoisotopic (exact) mass is 568 g/mol. The van der Waals surface area contributed by atoms with Crippen LogP contribution in [0.25, 0.3) is 0 Å². The predicted molar refractivity (Wildman–Crippen MR) is 129 cm³/mol. The molecule has 0 amide bonds. The van der Waals surface area contributed by atoms with E-state index in [1.807, 2.05) is 0 Å². The summed E-state index contributed by atoms with van der Waals surface area (Å²) in [6.45, 7) is 9.00. The minimum Gasteiger partial charge on any atom is -0.364 e. The summed E-state index contributed by atoms with van der Waals surface area (Å²) < 4.78 is 31.4. The molecule has 0 radical (unpaired) electrons. The second-order valence-corrected chi connectivity index (χ2v) is 10.8. The van der Waals surface area contributed by atoms with Gasteiger partial charge in [-0.15, -0.1) is 35.3 Å². The zero-order chi connectivity index (χ0) is 21.1. The first-order valence-electron chi connectivity index (χ1n) is 9.46. The van der Waals surface area contributed by atoms with Crippen molar-refractivity contribution in [2.75, 3.05) is 33.2 Å². The number of aromatic nitrogens is 2. The molecule has 2 aromatic rings. The number of aliphatic imine (C=N–C) groups is 1. The number of rotatable bonds is 5. The zero-order valence-corrected chi connectivity index (χ0v) is 21.6. The van der Waals surface area contributed by atoms with E-state index in [1.54, 1.807) is 24.5 Å². The molecule has 0 atom stereocenters. The molecule has 1 N–H and O–H groups in total. The number of sulfonamides is 1. The molecule has 0 saturated carbocycles. The van der Waals surface area contributed by atoms with Gasteiger partial charge in [0, 0.05) is 50.1 Å². The maximum absolute atomic E-state index is 12.6. The van der Waals surface area contributed by atoms with Gasteiger partial charge in [-0.1, -0.05) is 25.9 Å². The molecule has 0 aliphatic carbocycles. The third-order valence-electron chi connectivity index (χ3n) is 4.59. The Morgan fingerprint density at radius 3 is 2.50 bits per heavy atom. The first-order valence-corrected chi connectivity index (χ1v) is 12.0. The van der Waals surface area contributed by atoms with E-state index >= 15 is 0 Å². The number of halogens is 1. The van der Waals surface area contributed by atoms with Crippen molar-refractivity contribution >= 4 is 51.3 Å². The Bertz CT molecular complexity index is 930. The third kappa shape index (κ3) is 6.37. The number of nitrogens with zero attached hydrogens (tertiary/aromatic N) is 5. The second kappa shape index (κ2) is 10.4. The minimum atomic E-state index is -3.41. The van der Waals surface area contributed by atoms with Crippen LogP contribution in [0.5, 0.6) is 0 Å². The smallest absolute Gasteiger partial charge is 0.220 e. The molecule has 1 aliphatic heterocycles. The van der Waals surface area contributed by atoms with E-state index in [0.29, 0.717) is 38.4 Å². The number of thiazole rings is 1. The molecule has 0 bridgehead atoms. The maximum Gasteiger partial charge on any atom is 0.220 e. The summed E-state index contributed by atoms with van der Waals surface area (Å²) in [6.07, 6.45) is 1.38. The van der Waals surface area contributed by atoms with Crippen LogP contribution in [0.1, 0.15) is 37.2 Å². The zero-order valence-electron chi connectivity index (χ0n) is 17.7. The van der Waals surface area contributed by atoms with Crippen LogP contribution in [0.2, 0.25) is 0 Å². The van der Waals surface area contributed by atoms with Crippen molar-refractivity contribution in [1.82, 2.24) is 24.7 Å². The summed E-state index contributed by atoms with van der Waals surface area (Å²) in [7, 11) is -1.68. The third-order valence-corrected chi connectivity index (χ3v) is 7.72. The molecule has 1 fully saturated rings. The van der Waals surface area contributed by atoms with Crippen molar-refractivity contribution in [1.29, 1.82) is 0 Å². The Morgan fingerprint density at radius 2 is 1.97 bits per heavy atom. The Balaban J connectivity index is 0.00000320. The molecule has 0 spiro atoms. The van der Waals surface area contributed by atoms with Crippen molar-refractivity contribution in [3.63, 3.8) is 0 Å². The highest BCUT2D eigenvalue weighted by Crippen LogP contribution is 2.25. The van der Waals surface area contributed by atoms with Crippen LogP contribution in [0, 0.1) is 0 Å². The lowest BCUT2D eigenvalue weighted by Crippen LogP contribution is -2.53. The standard InChI is InChI=1S/C18H28N6O3S2.HI/c1-18(2,3)16-21-15(12-28-16)11-20-17(19-4)23-6-8-24(9-7-23)29(25,26)13-14-5-10-27-22-14;/h5,10,12H,6-9,11,13H2,1-4H3,(H,19,20);1H. The van der Waals surface area contributed by atoms with Gasteiger partial charge in [-0.3, -0.25) is 4.99 Å². The SMILES string of the molecule is CN=C(NCc1csc(C(C)(C)C)n1)N1CCN(S(=O)(=O)Cc2ccon2)CC1.I. The molecular weight excluding hydrogens is 539 g/mol. The van der Waals surface area contributed by atoms with E-state index in [9.17, 15) is 8.42 Å². The van der Waals surface area contributed by atoms with Crippen LogP contribution >= 0.6 is 35.3 Å². The molecule has 2 aromatic heterocycles. The highest BCUT2D eigenvalue weighted by atomic mass is 127. The lowest BCUT2D eigenvalue weighted by molar-refractivity contribution is 0.259. The normalized spacial score (nSPS) is 16.4. The molecule has 3 rings (SSSR count). The van der Waals surface area contributed by atoms with Gasteiger partial charge in [-0.2, -0.15) is 4.31 Å². The minimum absolute atomic E-state index is 0. The fourth-order valence-corrected chi connectivity index (χ4v) is 5.33. The van der Waals surface area contributed by atoms with Gasteiger partial charge < -0.3 is 14.7 Å². The molecule has 12 heteroatoms. The molecule has 0 unspecified atom stereocenters. The highest BCUT2D eigenvalue weighted by Gasteiger charge is 2.29. The van der Waals surface area contributed by atoms with E-state index < -0.39 is 10.0 Å². The lowest BCUT2D eigenvalue weighted by Gasteiger charge is -2.35. The highest BCUT2D eigenvalue weighted by molar-refractivity contribution is 14.0. The quantitative estimate of drug-likeness (QED) is 0.335.